The normalized spacial score (nSPS) is 21.4. The zero-order valence-corrected chi connectivity index (χ0v) is 21.7. The molecule has 0 bridgehead atoms. The first-order valence-electron chi connectivity index (χ1n) is 13.6. The van der Waals surface area contributed by atoms with Crippen molar-refractivity contribution in [2.45, 2.75) is 57.8 Å². The number of carbonyl (C=O) groups is 1. The third kappa shape index (κ3) is 6.71. The lowest BCUT2D eigenvalue weighted by atomic mass is 9.78. The van der Waals surface area contributed by atoms with Crippen LogP contribution in [-0.4, -0.2) is 47.8 Å². The van der Waals surface area contributed by atoms with E-state index in [2.05, 4.69) is 64.4 Å². The fraction of sp³-hybridized carbons (Fsp3) is 0.533. The number of aryl methyl sites for hydroxylation is 1. The van der Waals surface area contributed by atoms with Crippen molar-refractivity contribution in [3.05, 3.63) is 60.2 Å². The number of anilines is 1. The lowest BCUT2D eigenvalue weighted by Gasteiger charge is -2.36. The van der Waals surface area contributed by atoms with Crippen molar-refractivity contribution in [3.63, 3.8) is 0 Å². The van der Waals surface area contributed by atoms with Crippen molar-refractivity contribution in [3.8, 4) is 0 Å². The highest BCUT2D eigenvalue weighted by molar-refractivity contribution is 7.13. The van der Waals surface area contributed by atoms with Crippen LogP contribution in [-0.2, 0) is 11.2 Å². The van der Waals surface area contributed by atoms with Gasteiger partial charge in [-0.25, -0.2) is 0 Å². The van der Waals surface area contributed by atoms with Crippen LogP contribution in [0.15, 0.2) is 54.6 Å². The van der Waals surface area contributed by atoms with E-state index in [1.165, 1.54) is 60.1 Å². The smallest absolute Gasteiger partial charge is 0.150 e. The third-order valence-corrected chi connectivity index (χ3v) is 8.95. The molecule has 1 aliphatic carbocycles. The molecule has 5 rings (SSSR count). The molecule has 35 heavy (non-hydrogen) atoms. The average Bonchev–Trinajstić information content (AvgIpc) is 3.33. The van der Waals surface area contributed by atoms with Crippen molar-refractivity contribution in [1.82, 2.24) is 9.27 Å². The maximum Gasteiger partial charge on any atom is 0.150 e. The van der Waals surface area contributed by atoms with E-state index in [4.69, 9.17) is 4.37 Å². The monoisotopic (exact) mass is 489 g/mol. The van der Waals surface area contributed by atoms with Gasteiger partial charge in [-0.15, -0.1) is 0 Å². The number of fused-ring (bicyclic) bond motifs is 1. The summed E-state index contributed by atoms with van der Waals surface area (Å²) in [6, 6.07) is 19.1. The molecule has 5 heteroatoms. The van der Waals surface area contributed by atoms with E-state index >= 15 is 0 Å². The Kier molecular flexibility index (Phi) is 8.48. The Hall–Kier alpha value is -2.24. The van der Waals surface area contributed by atoms with Crippen LogP contribution in [0, 0.1) is 11.8 Å². The molecule has 2 aromatic carbocycles. The highest BCUT2D eigenvalue weighted by Gasteiger charge is 2.25. The van der Waals surface area contributed by atoms with Gasteiger partial charge in [0.1, 0.15) is 11.6 Å². The molecule has 2 aliphatic rings. The van der Waals surface area contributed by atoms with Crippen molar-refractivity contribution in [1.29, 1.82) is 0 Å². The summed E-state index contributed by atoms with van der Waals surface area (Å²) in [7, 11) is 0. The van der Waals surface area contributed by atoms with Gasteiger partial charge >= 0.3 is 0 Å². The molecule has 0 atom stereocenters. The zero-order valence-electron chi connectivity index (χ0n) is 20.9. The Morgan fingerprint density at radius 1 is 0.886 bits per heavy atom. The second-order valence-electron chi connectivity index (χ2n) is 10.6. The topological polar surface area (TPSA) is 36.4 Å². The average molecular weight is 490 g/mol. The van der Waals surface area contributed by atoms with Gasteiger partial charge in [-0.05, 0) is 79.7 Å². The van der Waals surface area contributed by atoms with Crippen LogP contribution in [0.1, 0.15) is 56.9 Å². The summed E-state index contributed by atoms with van der Waals surface area (Å²) in [5.41, 5.74) is 1.35. The maximum absolute atomic E-state index is 12.5. The number of ketones is 1. The van der Waals surface area contributed by atoms with Crippen molar-refractivity contribution >= 4 is 33.2 Å². The summed E-state index contributed by atoms with van der Waals surface area (Å²) >= 11 is 1.62. The molecule has 2 fully saturated rings. The first kappa shape index (κ1) is 24.5. The van der Waals surface area contributed by atoms with Crippen molar-refractivity contribution in [2.75, 3.05) is 37.6 Å². The number of hydrogen-bond donors (Lipinski definition) is 0. The molecule has 1 aliphatic heterocycles. The Morgan fingerprint density at radius 3 is 2.40 bits per heavy atom. The number of carbonyl (C=O) groups excluding carboxylic acids is 1. The van der Waals surface area contributed by atoms with Crippen LogP contribution < -0.4 is 4.90 Å². The molecule has 1 saturated heterocycles. The van der Waals surface area contributed by atoms with Gasteiger partial charge in [0.2, 0.25) is 0 Å². The fourth-order valence-corrected chi connectivity index (χ4v) is 6.73. The Bertz CT molecular complexity index is 1070. The van der Waals surface area contributed by atoms with Gasteiger partial charge in [0.15, 0.2) is 0 Å². The molecule has 0 amide bonds. The van der Waals surface area contributed by atoms with E-state index in [-0.39, 0.29) is 0 Å². The van der Waals surface area contributed by atoms with E-state index < -0.39 is 0 Å². The van der Waals surface area contributed by atoms with Crippen LogP contribution in [0.2, 0.25) is 0 Å². The number of piperazine rings is 1. The first-order valence-corrected chi connectivity index (χ1v) is 14.4. The summed E-state index contributed by atoms with van der Waals surface area (Å²) in [6.45, 7) is 5.65. The van der Waals surface area contributed by atoms with Gasteiger partial charge in [-0.3, -0.25) is 9.69 Å². The lowest BCUT2D eigenvalue weighted by molar-refractivity contribution is -0.120. The van der Waals surface area contributed by atoms with Crippen LogP contribution in [0.4, 0.5) is 5.82 Å². The quantitative estimate of drug-likeness (QED) is 0.322. The Balaban J connectivity index is 0.960. The van der Waals surface area contributed by atoms with Crippen molar-refractivity contribution < 1.29 is 4.79 Å². The second-order valence-corrected chi connectivity index (χ2v) is 11.4. The van der Waals surface area contributed by atoms with Gasteiger partial charge in [0, 0.05) is 44.4 Å². The molecule has 0 spiro atoms. The van der Waals surface area contributed by atoms with Gasteiger partial charge in [0.05, 0.1) is 4.70 Å². The molecule has 3 aromatic rings. The summed E-state index contributed by atoms with van der Waals surface area (Å²) in [5.74, 6) is 3.14. The lowest BCUT2D eigenvalue weighted by Crippen LogP contribution is -2.47. The minimum atomic E-state index is 0.482. The summed E-state index contributed by atoms with van der Waals surface area (Å²) in [4.78, 5) is 17.6. The van der Waals surface area contributed by atoms with Crippen molar-refractivity contribution in [2.24, 2.45) is 11.8 Å². The van der Waals surface area contributed by atoms with Gasteiger partial charge in [-0.2, -0.15) is 4.37 Å². The molecule has 186 valence electrons. The van der Waals surface area contributed by atoms with E-state index in [0.717, 1.165) is 57.8 Å². The van der Waals surface area contributed by atoms with Crippen LogP contribution in [0.25, 0.3) is 10.1 Å². The first-order chi connectivity index (χ1) is 17.2. The standard InChI is InChI=1S/C30H39N3OS/c34-27(10-6-9-24-7-2-1-3-8-24)23-26-15-13-25(14-16-26)17-18-32-19-21-33(22-20-32)30-28-11-4-5-12-29(28)35-31-30/h1-5,7-8,11-12,25-26H,6,9-10,13-23H2. The highest BCUT2D eigenvalue weighted by atomic mass is 32.1. The van der Waals surface area contributed by atoms with Crippen LogP contribution in [0.5, 0.6) is 0 Å². The fourth-order valence-electron chi connectivity index (χ4n) is 5.93. The predicted molar refractivity (Wildman–Crippen MR) is 147 cm³/mol. The summed E-state index contributed by atoms with van der Waals surface area (Å²) in [5, 5.41) is 1.30. The highest BCUT2D eigenvalue weighted by Crippen LogP contribution is 2.34. The molecule has 0 unspecified atom stereocenters. The van der Waals surface area contributed by atoms with E-state index in [1.54, 1.807) is 11.5 Å². The van der Waals surface area contributed by atoms with Crippen LogP contribution in [0.3, 0.4) is 0 Å². The molecule has 0 radical (unpaired) electrons. The largest absolute Gasteiger partial charge is 0.353 e. The number of hydrogen-bond acceptors (Lipinski definition) is 5. The van der Waals surface area contributed by atoms with Gasteiger partial charge in [0.25, 0.3) is 0 Å². The molecular formula is C30H39N3OS. The minimum absolute atomic E-state index is 0.482. The Labute approximate surface area is 214 Å². The van der Waals surface area contributed by atoms with E-state index in [9.17, 15) is 4.79 Å². The number of Topliss-reactive ketones (excluding diaryl/α,β-unsaturated/α-hetero) is 1. The third-order valence-electron chi connectivity index (χ3n) is 8.13. The minimum Gasteiger partial charge on any atom is -0.353 e. The number of aromatic nitrogens is 1. The molecular weight excluding hydrogens is 450 g/mol. The molecule has 0 N–H and O–H groups in total. The second kappa shape index (κ2) is 12.1. The van der Waals surface area contributed by atoms with E-state index in [0.29, 0.717) is 11.7 Å². The van der Waals surface area contributed by atoms with Gasteiger partial charge < -0.3 is 4.90 Å². The maximum atomic E-state index is 12.5. The number of benzene rings is 2. The molecule has 2 heterocycles. The van der Waals surface area contributed by atoms with Crippen LogP contribution >= 0.6 is 11.5 Å². The zero-order chi connectivity index (χ0) is 23.9. The molecule has 1 aromatic heterocycles. The summed E-state index contributed by atoms with van der Waals surface area (Å²) < 4.78 is 6.03. The predicted octanol–water partition coefficient (Wildman–Crippen LogP) is 6.60. The summed E-state index contributed by atoms with van der Waals surface area (Å²) in [6.07, 6.45) is 10.0. The van der Waals surface area contributed by atoms with E-state index in [1.807, 2.05) is 0 Å². The number of rotatable bonds is 10. The molecule has 1 saturated carbocycles. The van der Waals surface area contributed by atoms with Gasteiger partial charge in [-0.1, -0.05) is 55.3 Å². The number of nitrogens with zero attached hydrogens (tertiary/aromatic N) is 3. The Morgan fingerprint density at radius 2 is 1.60 bits per heavy atom. The molecule has 4 nitrogen and oxygen atoms in total. The SMILES string of the molecule is O=C(CCCc1ccccc1)CC1CCC(CCN2CCN(c3nsc4ccccc34)CC2)CC1.